The first-order valence-electron chi connectivity index (χ1n) is 9.32. The van der Waals surface area contributed by atoms with Crippen LogP contribution in [-0.4, -0.2) is 38.6 Å². The van der Waals surface area contributed by atoms with Crippen LogP contribution in [0.1, 0.15) is 0 Å². The minimum Gasteiger partial charge on any atom is -0.359 e. The van der Waals surface area contributed by atoms with Crippen molar-refractivity contribution in [3.8, 4) is 0 Å². The number of anilines is 2. The summed E-state index contributed by atoms with van der Waals surface area (Å²) in [5, 5.41) is 4.69. The van der Waals surface area contributed by atoms with Gasteiger partial charge in [-0.2, -0.15) is 0 Å². The van der Waals surface area contributed by atoms with Gasteiger partial charge in [0.15, 0.2) is 12.7 Å². The van der Waals surface area contributed by atoms with Gasteiger partial charge < -0.3 is 15.1 Å². The predicted molar refractivity (Wildman–Crippen MR) is 108 cm³/mol. The molecule has 0 aliphatic carbocycles. The van der Waals surface area contributed by atoms with E-state index < -0.39 is 0 Å². The molecule has 0 bridgehead atoms. The number of aromatic amines is 1. The molecule has 1 aliphatic rings. The number of nitrogens with zero attached hydrogens (tertiary/aromatic N) is 1. The van der Waals surface area contributed by atoms with Gasteiger partial charge in [0.2, 0.25) is 5.52 Å². The van der Waals surface area contributed by atoms with Crippen molar-refractivity contribution >= 4 is 39.8 Å². The van der Waals surface area contributed by atoms with E-state index in [0.29, 0.717) is 17.3 Å². The number of pyridine rings is 1. The fraction of sp³-hybridized carbons (Fsp3) is 0.238. The van der Waals surface area contributed by atoms with Gasteiger partial charge in [0.05, 0.1) is 37.3 Å². The summed E-state index contributed by atoms with van der Waals surface area (Å²) in [5.74, 6) is -0.363. The number of quaternary nitrogens is 1. The molecule has 0 atom stereocenters. The van der Waals surface area contributed by atoms with E-state index in [2.05, 4.69) is 21.3 Å². The molecular formula is C21H22ClFN4O+2. The second-order valence-corrected chi connectivity index (χ2v) is 7.46. The molecule has 0 spiro atoms. The van der Waals surface area contributed by atoms with E-state index >= 15 is 0 Å². The Hall–Kier alpha value is -2.70. The van der Waals surface area contributed by atoms with Gasteiger partial charge in [-0.25, -0.2) is 9.37 Å². The number of fused-ring (bicyclic) bond motifs is 1. The quantitative estimate of drug-likeness (QED) is 0.701. The summed E-state index contributed by atoms with van der Waals surface area (Å²) < 4.78 is 13.0. The molecule has 1 aliphatic heterocycles. The lowest BCUT2D eigenvalue weighted by molar-refractivity contribution is -0.892. The van der Waals surface area contributed by atoms with E-state index in [1.165, 1.54) is 22.7 Å². The third-order valence-electron chi connectivity index (χ3n) is 5.09. The van der Waals surface area contributed by atoms with Gasteiger partial charge in [0.1, 0.15) is 5.82 Å². The second-order valence-electron chi connectivity index (χ2n) is 7.02. The van der Waals surface area contributed by atoms with Gasteiger partial charge in [-0.3, -0.25) is 4.79 Å². The Morgan fingerprint density at radius 1 is 1.14 bits per heavy atom. The normalized spacial score (nSPS) is 15.0. The Labute approximate surface area is 167 Å². The number of carbonyl (C=O) groups excluding carboxylic acids is 1. The molecule has 3 N–H and O–H groups in total. The highest BCUT2D eigenvalue weighted by Gasteiger charge is 2.24. The van der Waals surface area contributed by atoms with Crippen LogP contribution in [0.25, 0.3) is 10.9 Å². The van der Waals surface area contributed by atoms with Crippen molar-refractivity contribution in [2.45, 2.75) is 0 Å². The lowest BCUT2D eigenvalue weighted by Crippen LogP contribution is -3.15. The van der Waals surface area contributed by atoms with E-state index in [-0.39, 0.29) is 11.7 Å². The first-order valence-corrected chi connectivity index (χ1v) is 9.70. The van der Waals surface area contributed by atoms with Gasteiger partial charge in [-0.05, 0) is 36.4 Å². The summed E-state index contributed by atoms with van der Waals surface area (Å²) in [7, 11) is 0. The molecule has 28 heavy (non-hydrogen) atoms. The van der Waals surface area contributed by atoms with Gasteiger partial charge in [-0.1, -0.05) is 11.6 Å². The molecule has 0 unspecified atom stereocenters. The Balaban J connectivity index is 1.36. The Bertz CT molecular complexity index is 987. The van der Waals surface area contributed by atoms with Crippen molar-refractivity contribution in [3.63, 3.8) is 0 Å². The molecule has 3 aromatic rings. The summed E-state index contributed by atoms with van der Waals surface area (Å²) in [6.45, 7) is 3.92. The molecular weight excluding hydrogens is 379 g/mol. The highest BCUT2D eigenvalue weighted by atomic mass is 35.5. The highest BCUT2D eigenvalue weighted by Crippen LogP contribution is 2.25. The number of hydrogen-bond acceptors (Lipinski definition) is 2. The van der Waals surface area contributed by atoms with Gasteiger partial charge in [-0.15, -0.1) is 0 Å². The van der Waals surface area contributed by atoms with Crippen molar-refractivity contribution in [1.29, 1.82) is 0 Å². The molecule has 7 heteroatoms. The van der Waals surface area contributed by atoms with Gasteiger partial charge >= 0.3 is 0 Å². The minimum atomic E-state index is -0.312. The van der Waals surface area contributed by atoms with E-state index in [1.54, 1.807) is 12.1 Å². The molecule has 1 amide bonds. The monoisotopic (exact) mass is 400 g/mol. The Morgan fingerprint density at radius 2 is 1.89 bits per heavy atom. The molecule has 5 nitrogen and oxygen atoms in total. The first kappa shape index (κ1) is 18.7. The number of halogens is 2. The average molecular weight is 401 g/mol. The number of piperazine rings is 1. The van der Waals surface area contributed by atoms with Crippen LogP contribution in [0, 0.1) is 5.82 Å². The Kier molecular flexibility index (Phi) is 5.41. The molecule has 2 heterocycles. The lowest BCUT2D eigenvalue weighted by Gasteiger charge is -2.33. The number of aromatic nitrogens is 1. The zero-order chi connectivity index (χ0) is 19.5. The van der Waals surface area contributed by atoms with Crippen LogP contribution in [0.5, 0.6) is 0 Å². The summed E-state index contributed by atoms with van der Waals surface area (Å²) in [4.78, 5) is 19.1. The van der Waals surface area contributed by atoms with Crippen molar-refractivity contribution in [3.05, 3.63) is 65.6 Å². The number of rotatable bonds is 4. The molecule has 4 rings (SSSR count). The predicted octanol–water partition coefficient (Wildman–Crippen LogP) is 1.79. The largest absolute Gasteiger partial charge is 0.359 e. The maximum atomic E-state index is 13.0. The highest BCUT2D eigenvalue weighted by molar-refractivity contribution is 6.31. The maximum Gasteiger partial charge on any atom is 0.279 e. The molecule has 0 radical (unpaired) electrons. The van der Waals surface area contributed by atoms with Crippen molar-refractivity contribution < 1.29 is 19.1 Å². The van der Waals surface area contributed by atoms with Gasteiger partial charge in [0, 0.05) is 22.8 Å². The number of amides is 1. The maximum absolute atomic E-state index is 13.0. The number of benzene rings is 2. The van der Waals surface area contributed by atoms with E-state index in [0.717, 1.165) is 37.1 Å². The second kappa shape index (κ2) is 8.12. The Morgan fingerprint density at radius 3 is 2.64 bits per heavy atom. The summed E-state index contributed by atoms with van der Waals surface area (Å²) in [6.07, 6.45) is 1.93. The van der Waals surface area contributed by atoms with Crippen LogP contribution >= 0.6 is 11.6 Å². The van der Waals surface area contributed by atoms with Crippen LogP contribution in [-0.2, 0) is 4.79 Å². The standard InChI is InChI=1S/C21H20ClFN4O/c22-15-1-6-18-19(13-15)24-8-7-20(18)27-11-9-26(10-12-27)14-21(28)25-17-4-2-16(23)3-5-17/h1-8,13H,9-12,14H2,(H,25,28)/p+2. The third-order valence-corrected chi connectivity index (χ3v) is 5.32. The summed E-state index contributed by atoms with van der Waals surface area (Å²) in [5.41, 5.74) is 2.81. The van der Waals surface area contributed by atoms with Crippen LogP contribution in [0.4, 0.5) is 15.8 Å². The van der Waals surface area contributed by atoms with Crippen LogP contribution in [0.15, 0.2) is 54.7 Å². The van der Waals surface area contributed by atoms with Crippen LogP contribution in [0.2, 0.25) is 5.02 Å². The number of hydrogen-bond donors (Lipinski definition) is 2. The lowest BCUT2D eigenvalue weighted by atomic mass is 10.1. The molecule has 144 valence electrons. The third kappa shape index (κ3) is 4.24. The molecule has 1 saturated heterocycles. The van der Waals surface area contributed by atoms with E-state index in [9.17, 15) is 9.18 Å². The number of nitrogens with one attached hydrogen (secondary N) is 3. The fourth-order valence-electron chi connectivity index (χ4n) is 3.64. The molecule has 2 aromatic carbocycles. The average Bonchev–Trinajstić information content (AvgIpc) is 2.70. The van der Waals surface area contributed by atoms with Crippen molar-refractivity contribution in [2.24, 2.45) is 0 Å². The van der Waals surface area contributed by atoms with Crippen molar-refractivity contribution in [1.82, 2.24) is 0 Å². The zero-order valence-electron chi connectivity index (χ0n) is 15.3. The zero-order valence-corrected chi connectivity index (χ0v) is 16.1. The van der Waals surface area contributed by atoms with Crippen LogP contribution < -0.4 is 20.1 Å². The topological polar surface area (TPSA) is 50.9 Å². The number of carbonyl (C=O) groups is 1. The smallest absolute Gasteiger partial charge is 0.279 e. The summed E-state index contributed by atoms with van der Waals surface area (Å²) in [6, 6.07) is 13.8. The SMILES string of the molecule is O=C(C[NH+]1CCN(c2cc[nH+]c3cc(Cl)ccc23)CC1)Nc1ccc(F)cc1. The summed E-state index contributed by atoms with van der Waals surface area (Å²) >= 11 is 6.10. The number of H-pyrrole nitrogens is 1. The molecule has 0 saturated carbocycles. The fourth-order valence-corrected chi connectivity index (χ4v) is 3.81. The minimum absolute atomic E-state index is 0.0514. The molecule has 1 aromatic heterocycles. The van der Waals surface area contributed by atoms with Crippen LogP contribution in [0.3, 0.4) is 0 Å². The van der Waals surface area contributed by atoms with E-state index in [4.69, 9.17) is 11.6 Å². The molecule has 1 fully saturated rings. The van der Waals surface area contributed by atoms with E-state index in [1.807, 2.05) is 24.4 Å². The van der Waals surface area contributed by atoms with Gasteiger partial charge in [0.25, 0.3) is 5.91 Å². The first-order chi connectivity index (χ1) is 13.6. The van der Waals surface area contributed by atoms with Crippen molar-refractivity contribution in [2.75, 3.05) is 42.9 Å².